The molecular weight excluding hydrogens is 188 g/mol. The van der Waals surface area contributed by atoms with Crippen LogP contribution in [0.25, 0.3) is 0 Å². The first-order chi connectivity index (χ1) is 7.11. The Labute approximate surface area is 93.4 Å². The van der Waals surface area contributed by atoms with Gasteiger partial charge in [-0.1, -0.05) is 20.3 Å². The standard InChI is InChI=1S/C13H24O2/c1-4-6-7-12(14)11-8-9-15-13(3,5-2)10-11/h11H,4-10H2,1-3H3/t11-,13-/m1/s1. The molecule has 1 saturated heterocycles. The fourth-order valence-electron chi connectivity index (χ4n) is 2.21. The Bertz CT molecular complexity index is 213. The van der Waals surface area contributed by atoms with Crippen molar-refractivity contribution in [2.24, 2.45) is 5.92 Å². The summed E-state index contributed by atoms with van der Waals surface area (Å²) in [5, 5.41) is 0. The number of hydrogen-bond acceptors (Lipinski definition) is 2. The summed E-state index contributed by atoms with van der Waals surface area (Å²) >= 11 is 0. The van der Waals surface area contributed by atoms with E-state index in [1.807, 2.05) is 0 Å². The average molecular weight is 212 g/mol. The number of ether oxygens (including phenoxy) is 1. The third kappa shape index (κ3) is 3.60. The van der Waals surface area contributed by atoms with E-state index in [2.05, 4.69) is 20.8 Å². The lowest BCUT2D eigenvalue weighted by Crippen LogP contribution is -2.39. The molecule has 1 fully saturated rings. The number of rotatable bonds is 5. The predicted molar refractivity (Wildman–Crippen MR) is 61.9 cm³/mol. The van der Waals surface area contributed by atoms with Crippen molar-refractivity contribution in [2.45, 2.75) is 64.9 Å². The molecule has 0 amide bonds. The van der Waals surface area contributed by atoms with Crippen LogP contribution in [0, 0.1) is 5.92 Å². The van der Waals surface area contributed by atoms with Gasteiger partial charge in [0.15, 0.2) is 0 Å². The van der Waals surface area contributed by atoms with Crippen LogP contribution in [0.15, 0.2) is 0 Å². The molecule has 2 atom stereocenters. The van der Waals surface area contributed by atoms with Crippen LogP contribution in [-0.2, 0) is 9.53 Å². The highest BCUT2D eigenvalue weighted by atomic mass is 16.5. The van der Waals surface area contributed by atoms with Crippen LogP contribution >= 0.6 is 0 Å². The van der Waals surface area contributed by atoms with Gasteiger partial charge in [0.05, 0.1) is 5.60 Å². The molecule has 1 aliphatic rings. The number of carbonyl (C=O) groups excluding carboxylic acids is 1. The SMILES string of the molecule is CCCCC(=O)[C@@H]1CCO[C@](C)(CC)C1. The number of ketones is 1. The molecule has 88 valence electrons. The van der Waals surface area contributed by atoms with Crippen LogP contribution in [0.5, 0.6) is 0 Å². The Hall–Kier alpha value is -0.370. The van der Waals surface area contributed by atoms with Gasteiger partial charge in [-0.25, -0.2) is 0 Å². The minimum atomic E-state index is -0.0508. The van der Waals surface area contributed by atoms with Gasteiger partial charge in [-0.2, -0.15) is 0 Å². The molecule has 0 spiro atoms. The summed E-state index contributed by atoms with van der Waals surface area (Å²) in [6.45, 7) is 7.16. The van der Waals surface area contributed by atoms with E-state index < -0.39 is 0 Å². The van der Waals surface area contributed by atoms with Crippen molar-refractivity contribution in [3.05, 3.63) is 0 Å². The average Bonchev–Trinajstić information content (AvgIpc) is 2.26. The molecule has 1 aliphatic heterocycles. The number of Topliss-reactive ketones (excluding diaryl/α,β-unsaturated/α-hetero) is 1. The van der Waals surface area contributed by atoms with Gasteiger partial charge in [-0.3, -0.25) is 4.79 Å². The third-order valence-electron chi connectivity index (χ3n) is 3.57. The van der Waals surface area contributed by atoms with E-state index in [0.717, 1.165) is 45.1 Å². The summed E-state index contributed by atoms with van der Waals surface area (Å²) < 4.78 is 5.75. The number of hydrogen-bond donors (Lipinski definition) is 0. The van der Waals surface area contributed by atoms with Gasteiger partial charge < -0.3 is 4.74 Å². The van der Waals surface area contributed by atoms with Crippen molar-refractivity contribution in [3.63, 3.8) is 0 Å². The molecule has 1 rings (SSSR count). The quantitative estimate of drug-likeness (QED) is 0.698. The van der Waals surface area contributed by atoms with Crippen LogP contribution in [0.2, 0.25) is 0 Å². The minimum Gasteiger partial charge on any atom is -0.375 e. The van der Waals surface area contributed by atoms with Crippen LogP contribution < -0.4 is 0 Å². The zero-order valence-corrected chi connectivity index (χ0v) is 10.3. The van der Waals surface area contributed by atoms with Crippen molar-refractivity contribution >= 4 is 5.78 Å². The predicted octanol–water partition coefficient (Wildman–Crippen LogP) is 3.34. The molecule has 0 aromatic carbocycles. The molecule has 0 unspecified atom stereocenters. The van der Waals surface area contributed by atoms with E-state index in [0.29, 0.717) is 5.78 Å². The van der Waals surface area contributed by atoms with Crippen molar-refractivity contribution < 1.29 is 9.53 Å². The Morgan fingerprint density at radius 2 is 2.20 bits per heavy atom. The number of unbranched alkanes of at least 4 members (excludes halogenated alkanes) is 1. The van der Waals surface area contributed by atoms with Gasteiger partial charge in [0.2, 0.25) is 0 Å². The van der Waals surface area contributed by atoms with Gasteiger partial charge >= 0.3 is 0 Å². The molecule has 0 aliphatic carbocycles. The van der Waals surface area contributed by atoms with Gasteiger partial charge in [-0.05, 0) is 32.6 Å². The first kappa shape index (κ1) is 12.7. The molecule has 2 nitrogen and oxygen atoms in total. The van der Waals surface area contributed by atoms with E-state index in [1.54, 1.807) is 0 Å². The Morgan fingerprint density at radius 3 is 2.80 bits per heavy atom. The van der Waals surface area contributed by atoms with Gasteiger partial charge in [0, 0.05) is 18.9 Å². The molecule has 0 aromatic rings. The van der Waals surface area contributed by atoms with E-state index in [4.69, 9.17) is 4.74 Å². The summed E-state index contributed by atoms with van der Waals surface area (Å²) in [7, 11) is 0. The smallest absolute Gasteiger partial charge is 0.136 e. The summed E-state index contributed by atoms with van der Waals surface area (Å²) in [5.41, 5.74) is -0.0508. The van der Waals surface area contributed by atoms with E-state index in [9.17, 15) is 4.79 Å². The van der Waals surface area contributed by atoms with Gasteiger partial charge in [0.1, 0.15) is 5.78 Å². The normalized spacial score (nSPS) is 31.5. The summed E-state index contributed by atoms with van der Waals surface area (Å²) in [5.74, 6) is 0.718. The maximum atomic E-state index is 11.9. The molecule has 2 heteroatoms. The van der Waals surface area contributed by atoms with E-state index in [1.165, 1.54) is 0 Å². The zero-order valence-electron chi connectivity index (χ0n) is 10.3. The highest BCUT2D eigenvalue weighted by Crippen LogP contribution is 2.32. The van der Waals surface area contributed by atoms with Crippen molar-refractivity contribution in [1.82, 2.24) is 0 Å². The molecular formula is C13H24O2. The summed E-state index contributed by atoms with van der Waals surface area (Å²) in [6, 6.07) is 0. The van der Waals surface area contributed by atoms with Crippen molar-refractivity contribution in [2.75, 3.05) is 6.61 Å². The third-order valence-corrected chi connectivity index (χ3v) is 3.57. The second-order valence-corrected chi connectivity index (χ2v) is 4.91. The monoisotopic (exact) mass is 212 g/mol. The van der Waals surface area contributed by atoms with Crippen LogP contribution in [-0.4, -0.2) is 18.0 Å². The molecule has 0 saturated carbocycles. The second kappa shape index (κ2) is 5.64. The topological polar surface area (TPSA) is 26.3 Å². The van der Waals surface area contributed by atoms with Crippen LogP contribution in [0.1, 0.15) is 59.3 Å². The molecule has 0 bridgehead atoms. The lowest BCUT2D eigenvalue weighted by atomic mass is 9.82. The molecule has 15 heavy (non-hydrogen) atoms. The fraction of sp³-hybridized carbons (Fsp3) is 0.923. The van der Waals surface area contributed by atoms with E-state index >= 15 is 0 Å². The molecule has 0 radical (unpaired) electrons. The first-order valence-corrected chi connectivity index (χ1v) is 6.28. The zero-order chi connectivity index (χ0) is 11.3. The molecule has 1 heterocycles. The van der Waals surface area contributed by atoms with Gasteiger partial charge in [0.25, 0.3) is 0 Å². The maximum Gasteiger partial charge on any atom is 0.136 e. The molecule has 0 aromatic heterocycles. The fourth-order valence-corrected chi connectivity index (χ4v) is 2.21. The first-order valence-electron chi connectivity index (χ1n) is 6.28. The lowest BCUT2D eigenvalue weighted by molar-refractivity contribution is -0.135. The largest absolute Gasteiger partial charge is 0.375 e. The highest BCUT2D eigenvalue weighted by molar-refractivity contribution is 5.81. The van der Waals surface area contributed by atoms with Crippen LogP contribution in [0.4, 0.5) is 0 Å². The molecule has 0 N–H and O–H groups in total. The Kier molecular flexibility index (Phi) is 4.78. The minimum absolute atomic E-state index is 0.0508. The highest BCUT2D eigenvalue weighted by Gasteiger charge is 2.34. The summed E-state index contributed by atoms with van der Waals surface area (Å²) in [4.78, 5) is 11.9. The second-order valence-electron chi connectivity index (χ2n) is 4.91. The van der Waals surface area contributed by atoms with Gasteiger partial charge in [-0.15, -0.1) is 0 Å². The number of carbonyl (C=O) groups is 1. The van der Waals surface area contributed by atoms with Crippen molar-refractivity contribution in [3.8, 4) is 0 Å². The van der Waals surface area contributed by atoms with Crippen molar-refractivity contribution in [1.29, 1.82) is 0 Å². The maximum absolute atomic E-state index is 11.9. The Balaban J connectivity index is 2.45. The lowest BCUT2D eigenvalue weighted by Gasteiger charge is -2.37. The summed E-state index contributed by atoms with van der Waals surface area (Å²) in [6.07, 6.45) is 5.77. The van der Waals surface area contributed by atoms with Crippen LogP contribution in [0.3, 0.4) is 0 Å². The Morgan fingerprint density at radius 1 is 1.47 bits per heavy atom. The van der Waals surface area contributed by atoms with E-state index in [-0.39, 0.29) is 11.5 Å².